The van der Waals surface area contributed by atoms with Crippen molar-refractivity contribution in [1.29, 1.82) is 0 Å². The third-order valence-electron chi connectivity index (χ3n) is 5.39. The number of hydrogen-bond acceptors (Lipinski definition) is 3. The molecule has 1 heterocycles. The number of hydrogen-bond donors (Lipinski definition) is 0. The summed E-state index contributed by atoms with van der Waals surface area (Å²) in [5.74, 6) is -3.62. The lowest BCUT2D eigenvalue weighted by Crippen LogP contribution is -2.50. The normalized spacial score (nSPS) is 15.4. The van der Waals surface area contributed by atoms with E-state index in [0.717, 1.165) is 5.69 Å². The second-order valence-electron chi connectivity index (χ2n) is 7.39. The van der Waals surface area contributed by atoms with Crippen LogP contribution in [0.5, 0.6) is 0 Å². The minimum Gasteiger partial charge on any atom is -0.368 e. The lowest BCUT2D eigenvalue weighted by molar-refractivity contribution is -0.167. The molecule has 2 aromatic carbocycles. The minimum atomic E-state index is -5.24. The highest BCUT2D eigenvalue weighted by Gasteiger charge is 2.45. The molecular weight excluding hydrogens is 483 g/mol. The average Bonchev–Trinajstić information content (AvgIpc) is 2.79. The first kappa shape index (κ1) is 25.1. The van der Waals surface area contributed by atoms with Gasteiger partial charge in [0.2, 0.25) is 0 Å². The fourth-order valence-electron chi connectivity index (χ4n) is 3.72. The third-order valence-corrected chi connectivity index (χ3v) is 6.21. The molecule has 1 amide bonds. The number of piperazine rings is 1. The lowest BCUT2D eigenvalue weighted by Gasteiger charge is -2.36. The van der Waals surface area contributed by atoms with Gasteiger partial charge in [0.15, 0.2) is 0 Å². The van der Waals surface area contributed by atoms with Crippen LogP contribution in [-0.2, 0) is 9.59 Å². The number of carbonyl (C=O) groups is 2. The highest BCUT2D eigenvalue weighted by molar-refractivity contribution is 6.43. The van der Waals surface area contributed by atoms with Crippen LogP contribution in [0.15, 0.2) is 48.0 Å². The first-order valence-electron chi connectivity index (χ1n) is 10.1. The zero-order valence-corrected chi connectivity index (χ0v) is 19.1. The largest absolute Gasteiger partial charge is 0.455 e. The maximum Gasteiger partial charge on any atom is 0.455 e. The number of Topliss-reactive ketones (excluding diaryl/α,β-unsaturated/α-hetero) is 1. The number of allylic oxidation sites excluding steroid dienone is 1. The summed E-state index contributed by atoms with van der Waals surface area (Å²) in [5, 5.41) is 0.0664. The van der Waals surface area contributed by atoms with Crippen LogP contribution in [-0.4, -0.2) is 48.9 Å². The van der Waals surface area contributed by atoms with E-state index in [4.69, 9.17) is 23.2 Å². The molecule has 0 unspecified atom stereocenters. The Morgan fingerprint density at radius 1 is 0.970 bits per heavy atom. The van der Waals surface area contributed by atoms with E-state index in [1.165, 1.54) is 42.2 Å². The van der Waals surface area contributed by atoms with E-state index < -0.39 is 23.4 Å². The number of halogens is 6. The topological polar surface area (TPSA) is 40.6 Å². The van der Waals surface area contributed by atoms with Crippen molar-refractivity contribution in [2.24, 2.45) is 0 Å². The zero-order valence-electron chi connectivity index (χ0n) is 17.6. The Labute approximate surface area is 198 Å². The summed E-state index contributed by atoms with van der Waals surface area (Å²) < 4.78 is 53.6. The van der Waals surface area contributed by atoms with E-state index in [0.29, 0.717) is 13.1 Å². The molecule has 2 aromatic rings. The molecule has 0 atom stereocenters. The summed E-state index contributed by atoms with van der Waals surface area (Å²) in [7, 11) is 0. The molecule has 33 heavy (non-hydrogen) atoms. The SMILES string of the molecule is CCC(=C(C(=O)N1CCN(c2ccc(F)cc2)CC1)C(=O)C(F)(F)F)c1cccc(Cl)c1Cl. The highest BCUT2D eigenvalue weighted by Crippen LogP contribution is 2.36. The summed E-state index contributed by atoms with van der Waals surface area (Å²) >= 11 is 12.2. The fraction of sp³-hybridized carbons (Fsp3) is 0.304. The number of alkyl halides is 3. The maximum absolute atomic E-state index is 13.5. The van der Waals surface area contributed by atoms with E-state index in [1.54, 1.807) is 12.1 Å². The van der Waals surface area contributed by atoms with Crippen LogP contribution in [0.25, 0.3) is 5.57 Å². The van der Waals surface area contributed by atoms with Gasteiger partial charge < -0.3 is 9.80 Å². The second-order valence-corrected chi connectivity index (χ2v) is 8.18. The molecule has 3 rings (SSSR count). The van der Waals surface area contributed by atoms with E-state index in [2.05, 4.69) is 0 Å². The Balaban J connectivity index is 1.95. The molecule has 0 aliphatic carbocycles. The van der Waals surface area contributed by atoms with Crippen molar-refractivity contribution in [1.82, 2.24) is 4.90 Å². The van der Waals surface area contributed by atoms with Gasteiger partial charge in [-0.05, 0) is 47.9 Å². The highest BCUT2D eigenvalue weighted by atomic mass is 35.5. The van der Waals surface area contributed by atoms with Crippen LogP contribution >= 0.6 is 23.2 Å². The molecule has 0 N–H and O–H groups in total. The molecule has 176 valence electrons. The maximum atomic E-state index is 13.5. The van der Waals surface area contributed by atoms with Gasteiger partial charge in [0, 0.05) is 31.9 Å². The Morgan fingerprint density at radius 3 is 2.12 bits per heavy atom. The smallest absolute Gasteiger partial charge is 0.368 e. The Bertz CT molecular complexity index is 1080. The van der Waals surface area contributed by atoms with E-state index in [1.807, 2.05) is 4.90 Å². The van der Waals surface area contributed by atoms with Crippen molar-refractivity contribution in [3.63, 3.8) is 0 Å². The first-order chi connectivity index (χ1) is 15.5. The molecular formula is C23H20Cl2F4N2O2. The quantitative estimate of drug-likeness (QED) is 0.225. The van der Waals surface area contributed by atoms with Crippen molar-refractivity contribution < 1.29 is 27.2 Å². The average molecular weight is 503 g/mol. The van der Waals surface area contributed by atoms with Gasteiger partial charge in [0.05, 0.1) is 15.6 Å². The van der Waals surface area contributed by atoms with Gasteiger partial charge in [-0.15, -0.1) is 0 Å². The summed E-state index contributed by atoms with van der Waals surface area (Å²) in [6.07, 6.45) is -5.29. The number of anilines is 1. The summed E-state index contributed by atoms with van der Waals surface area (Å²) in [6, 6.07) is 10.2. The Hall–Kier alpha value is -2.58. The van der Waals surface area contributed by atoms with Crippen LogP contribution in [0.2, 0.25) is 10.0 Å². The molecule has 1 fully saturated rings. The Morgan fingerprint density at radius 2 is 1.58 bits per heavy atom. The number of amides is 1. The van der Waals surface area contributed by atoms with Gasteiger partial charge in [-0.25, -0.2) is 4.39 Å². The second kappa shape index (κ2) is 10.1. The molecule has 1 aliphatic rings. The molecule has 0 spiro atoms. The van der Waals surface area contributed by atoms with Crippen LogP contribution in [0.1, 0.15) is 18.9 Å². The van der Waals surface area contributed by atoms with Gasteiger partial charge in [-0.1, -0.05) is 42.3 Å². The summed E-state index contributed by atoms with van der Waals surface area (Å²) in [6.45, 7) is 2.33. The van der Waals surface area contributed by atoms with Gasteiger partial charge in [-0.2, -0.15) is 13.2 Å². The van der Waals surface area contributed by atoms with Crippen LogP contribution in [0, 0.1) is 5.82 Å². The number of nitrogens with zero attached hydrogens (tertiary/aromatic N) is 2. The molecule has 1 saturated heterocycles. The number of rotatable bonds is 5. The van der Waals surface area contributed by atoms with Gasteiger partial charge in [0.1, 0.15) is 5.82 Å². The van der Waals surface area contributed by atoms with Crippen LogP contribution in [0.3, 0.4) is 0 Å². The molecule has 10 heteroatoms. The van der Waals surface area contributed by atoms with Gasteiger partial charge >= 0.3 is 6.18 Å². The van der Waals surface area contributed by atoms with Crippen molar-refractivity contribution in [3.05, 3.63) is 69.5 Å². The zero-order chi connectivity index (χ0) is 24.3. The summed E-state index contributed by atoms with van der Waals surface area (Å²) in [4.78, 5) is 28.7. The van der Waals surface area contributed by atoms with Crippen LogP contribution < -0.4 is 4.90 Å². The molecule has 0 saturated carbocycles. The van der Waals surface area contributed by atoms with E-state index in [-0.39, 0.29) is 46.5 Å². The molecule has 0 bridgehead atoms. The van der Waals surface area contributed by atoms with Crippen molar-refractivity contribution in [2.45, 2.75) is 19.5 Å². The minimum absolute atomic E-state index is 0.0302. The van der Waals surface area contributed by atoms with Crippen molar-refractivity contribution in [3.8, 4) is 0 Å². The lowest BCUT2D eigenvalue weighted by atomic mass is 9.93. The molecule has 1 aliphatic heterocycles. The number of benzene rings is 2. The fourth-order valence-corrected chi connectivity index (χ4v) is 4.14. The molecule has 0 radical (unpaired) electrons. The Kier molecular flexibility index (Phi) is 7.69. The molecule has 0 aromatic heterocycles. The first-order valence-corrected chi connectivity index (χ1v) is 10.9. The van der Waals surface area contributed by atoms with E-state index in [9.17, 15) is 27.2 Å². The predicted octanol–water partition coefficient (Wildman–Crippen LogP) is 5.78. The van der Waals surface area contributed by atoms with Crippen LogP contribution in [0.4, 0.5) is 23.2 Å². The standard InChI is InChI=1S/C23H20Cl2F4N2O2/c1-2-16(17-4-3-5-18(24)20(17)25)19(21(32)23(27,28)29)22(33)31-12-10-30(11-13-31)15-8-6-14(26)7-9-15/h3-9H,2,10-13H2,1H3. The predicted molar refractivity (Wildman–Crippen MR) is 120 cm³/mol. The van der Waals surface area contributed by atoms with Gasteiger partial charge in [0.25, 0.3) is 11.7 Å². The van der Waals surface area contributed by atoms with Gasteiger partial charge in [-0.3, -0.25) is 9.59 Å². The van der Waals surface area contributed by atoms with Crippen molar-refractivity contribution >= 4 is 46.2 Å². The summed E-state index contributed by atoms with van der Waals surface area (Å²) in [5.41, 5.74) is -0.233. The van der Waals surface area contributed by atoms with Crippen molar-refractivity contribution in [2.75, 3.05) is 31.1 Å². The number of ketones is 1. The molecule has 4 nitrogen and oxygen atoms in total. The third kappa shape index (κ3) is 5.50. The monoisotopic (exact) mass is 502 g/mol. The van der Waals surface area contributed by atoms with E-state index >= 15 is 0 Å². The number of carbonyl (C=O) groups excluding carboxylic acids is 2.